The molecule has 0 bridgehead atoms. The Morgan fingerprint density at radius 3 is 2.41 bits per heavy atom. The van der Waals surface area contributed by atoms with E-state index >= 15 is 0 Å². The first kappa shape index (κ1) is 33.2. The van der Waals surface area contributed by atoms with E-state index in [1.54, 1.807) is 37.7 Å². The van der Waals surface area contributed by atoms with Crippen molar-refractivity contribution in [2.24, 2.45) is 0 Å². The van der Waals surface area contributed by atoms with Crippen molar-refractivity contribution in [3.05, 3.63) is 66.4 Å². The lowest BCUT2D eigenvalue weighted by molar-refractivity contribution is 0.0398. The molecule has 1 aliphatic heterocycles. The lowest BCUT2D eigenvalue weighted by Crippen LogP contribution is -2.39. The van der Waals surface area contributed by atoms with Gasteiger partial charge in [-0.3, -0.25) is 4.90 Å². The number of ether oxygens (including phenoxy) is 3. The van der Waals surface area contributed by atoms with E-state index in [2.05, 4.69) is 51.6 Å². The predicted molar refractivity (Wildman–Crippen MR) is 185 cm³/mol. The minimum atomic E-state index is -2.72. The zero-order chi connectivity index (χ0) is 32.9. The van der Waals surface area contributed by atoms with Gasteiger partial charge in [0.15, 0.2) is 5.75 Å². The molecule has 1 fully saturated rings. The van der Waals surface area contributed by atoms with Crippen LogP contribution in [-0.2, 0) is 14.7 Å². The highest BCUT2D eigenvalue weighted by atomic mass is 31.2. The number of hydrogen-bond acceptors (Lipinski definition) is 9. The molecule has 1 aromatic heterocycles. The maximum atomic E-state index is 13.4. The van der Waals surface area contributed by atoms with Gasteiger partial charge in [0.05, 0.1) is 37.0 Å². The summed E-state index contributed by atoms with van der Waals surface area (Å²) in [5.41, 5.74) is 1.75. The van der Waals surface area contributed by atoms with Gasteiger partial charge in [-0.15, -0.1) is 0 Å². The van der Waals surface area contributed by atoms with Crippen molar-refractivity contribution in [1.29, 1.82) is 0 Å². The number of amides is 2. The highest BCUT2D eigenvalue weighted by Crippen LogP contribution is 2.43. The first-order valence-electron chi connectivity index (χ1n) is 15.3. The van der Waals surface area contributed by atoms with Crippen molar-refractivity contribution < 1.29 is 23.6 Å². The van der Waals surface area contributed by atoms with Crippen LogP contribution in [-0.4, -0.2) is 80.7 Å². The number of rotatable bonds is 10. The molecule has 0 radical (unpaired) electrons. The Morgan fingerprint density at radius 1 is 1.00 bits per heavy atom. The predicted octanol–water partition coefficient (Wildman–Crippen LogP) is 6.36. The second kappa shape index (κ2) is 14.1. The monoisotopic (exact) mass is 646 g/mol. The van der Waals surface area contributed by atoms with E-state index in [0.717, 1.165) is 49.2 Å². The largest absolute Gasteiger partial charge is 0.494 e. The van der Waals surface area contributed by atoms with E-state index in [1.807, 2.05) is 36.4 Å². The third kappa shape index (κ3) is 8.15. The molecule has 1 saturated heterocycles. The summed E-state index contributed by atoms with van der Waals surface area (Å²) in [5.74, 6) is 1.87. The van der Waals surface area contributed by atoms with Crippen LogP contribution < -0.4 is 30.7 Å². The van der Waals surface area contributed by atoms with Gasteiger partial charge < -0.3 is 34.7 Å². The third-order valence-corrected chi connectivity index (χ3v) is 9.25. The van der Waals surface area contributed by atoms with Crippen molar-refractivity contribution >= 4 is 46.6 Å². The quantitative estimate of drug-likeness (QED) is 0.169. The summed E-state index contributed by atoms with van der Waals surface area (Å²) in [5, 5.41) is 11.4. The minimum Gasteiger partial charge on any atom is -0.494 e. The molecule has 0 aliphatic carbocycles. The van der Waals surface area contributed by atoms with Crippen molar-refractivity contribution in [3.63, 3.8) is 0 Å². The molecule has 0 spiro atoms. The Kier molecular flexibility index (Phi) is 10.2. The van der Waals surface area contributed by atoms with Crippen molar-refractivity contribution in [2.45, 2.75) is 26.2 Å². The number of fused-ring (bicyclic) bond motifs is 1. The van der Waals surface area contributed by atoms with Crippen molar-refractivity contribution in [3.8, 4) is 17.4 Å². The van der Waals surface area contributed by atoms with Gasteiger partial charge in [-0.05, 0) is 48.6 Å². The molecule has 12 heteroatoms. The van der Waals surface area contributed by atoms with Gasteiger partial charge in [-0.25, -0.2) is 9.78 Å². The Hall–Kier alpha value is -4.18. The number of methoxy groups -OCH3 is 1. The van der Waals surface area contributed by atoms with E-state index < -0.39 is 13.2 Å². The Bertz CT molecular complexity index is 1750. The highest BCUT2D eigenvalue weighted by Gasteiger charge is 2.26. The highest BCUT2D eigenvalue weighted by molar-refractivity contribution is 7.70. The number of nitrogens with one attached hydrogen (secondary N) is 3. The van der Waals surface area contributed by atoms with E-state index in [9.17, 15) is 9.36 Å². The number of carbonyl (C=O) groups excluding carboxylic acids is 1. The second-order valence-electron chi connectivity index (χ2n) is 12.6. The summed E-state index contributed by atoms with van der Waals surface area (Å²) in [6.07, 6.45) is 1.66. The lowest BCUT2D eigenvalue weighted by Gasteiger charge is -2.26. The maximum Gasteiger partial charge on any atom is 0.323 e. The molecule has 2 heterocycles. The standard InChI is InChI=1S/C34H43N6O5P/c1-34(2,3)23-21-27(31(43-4)29(22-23)46(5,6)42)38-33(41)37-26-11-12-28(25-10-8-7-9-24(25)26)45-30-13-14-35-32(39-30)36-15-16-40-17-19-44-20-18-40/h7-14,21-22H,15-20H2,1-6H3,(H,35,36,39)(H2,37,38,41). The van der Waals surface area contributed by atoms with Crippen LogP contribution in [0.1, 0.15) is 26.3 Å². The Balaban J connectivity index is 1.33. The first-order chi connectivity index (χ1) is 21.9. The third-order valence-electron chi connectivity index (χ3n) is 7.76. The van der Waals surface area contributed by atoms with Crippen LogP contribution in [0.25, 0.3) is 10.8 Å². The Morgan fingerprint density at radius 2 is 1.72 bits per heavy atom. The van der Waals surface area contributed by atoms with Crippen molar-refractivity contribution in [2.75, 3.05) is 75.8 Å². The summed E-state index contributed by atoms with van der Waals surface area (Å²) in [7, 11) is -1.20. The molecule has 46 heavy (non-hydrogen) atoms. The molecule has 0 saturated carbocycles. The number of benzene rings is 3. The average molecular weight is 647 g/mol. The zero-order valence-electron chi connectivity index (χ0n) is 27.3. The molecule has 3 N–H and O–H groups in total. The molecule has 0 unspecified atom stereocenters. The molecular weight excluding hydrogens is 603 g/mol. The fourth-order valence-electron chi connectivity index (χ4n) is 5.25. The molecule has 3 aromatic carbocycles. The fourth-order valence-corrected chi connectivity index (χ4v) is 6.40. The van der Waals surface area contributed by atoms with Gasteiger partial charge in [0.1, 0.15) is 12.9 Å². The normalized spacial score (nSPS) is 14.1. The second-order valence-corrected chi connectivity index (χ2v) is 15.8. The van der Waals surface area contributed by atoms with E-state index in [4.69, 9.17) is 14.2 Å². The van der Waals surface area contributed by atoms with Crippen molar-refractivity contribution in [1.82, 2.24) is 14.9 Å². The van der Waals surface area contributed by atoms with Crippen LogP contribution in [0.4, 0.5) is 22.1 Å². The lowest BCUT2D eigenvalue weighted by atomic mass is 9.86. The molecule has 1 aliphatic rings. The maximum absolute atomic E-state index is 13.4. The number of morpholine rings is 1. The van der Waals surface area contributed by atoms with Crippen LogP contribution in [0, 0.1) is 0 Å². The zero-order valence-corrected chi connectivity index (χ0v) is 28.2. The van der Waals surface area contributed by atoms with Crippen LogP contribution in [0.3, 0.4) is 0 Å². The van der Waals surface area contributed by atoms with Crippen LogP contribution >= 0.6 is 7.14 Å². The molecule has 11 nitrogen and oxygen atoms in total. The van der Waals surface area contributed by atoms with E-state index in [0.29, 0.717) is 46.6 Å². The molecule has 244 valence electrons. The van der Waals surface area contributed by atoms with Crippen LogP contribution in [0.5, 0.6) is 17.4 Å². The molecule has 2 amide bonds. The van der Waals surface area contributed by atoms with Gasteiger partial charge in [0, 0.05) is 49.2 Å². The van der Waals surface area contributed by atoms with Gasteiger partial charge in [0.25, 0.3) is 0 Å². The number of hydrogen-bond donors (Lipinski definition) is 3. The van der Waals surface area contributed by atoms with Crippen LogP contribution in [0.15, 0.2) is 60.8 Å². The van der Waals surface area contributed by atoms with E-state index in [-0.39, 0.29) is 5.41 Å². The summed E-state index contributed by atoms with van der Waals surface area (Å²) in [6.45, 7) is 14.5. The summed E-state index contributed by atoms with van der Waals surface area (Å²) < 4.78 is 30.5. The SMILES string of the molecule is COc1c(NC(=O)Nc2ccc(Oc3ccnc(NCCN4CCOCC4)n3)c3ccccc23)cc(C(C)(C)C)cc1P(C)(C)=O. The number of carbonyl (C=O) groups is 1. The molecule has 0 atom stereocenters. The minimum absolute atomic E-state index is 0.238. The topological polar surface area (TPSA) is 127 Å². The molecule has 4 aromatic rings. The van der Waals surface area contributed by atoms with Crippen LogP contribution in [0.2, 0.25) is 0 Å². The average Bonchev–Trinajstić information content (AvgIpc) is 3.02. The number of aromatic nitrogens is 2. The van der Waals surface area contributed by atoms with Gasteiger partial charge in [-0.2, -0.15) is 4.98 Å². The molecule has 5 rings (SSSR count). The first-order valence-corrected chi connectivity index (χ1v) is 17.9. The van der Waals surface area contributed by atoms with Gasteiger partial charge in [-0.1, -0.05) is 45.0 Å². The van der Waals surface area contributed by atoms with Gasteiger partial charge >= 0.3 is 6.03 Å². The smallest absolute Gasteiger partial charge is 0.323 e. The number of urea groups is 1. The Labute approximate surface area is 270 Å². The summed E-state index contributed by atoms with van der Waals surface area (Å²) in [4.78, 5) is 24.6. The fraction of sp³-hybridized carbons (Fsp3) is 0.382. The molecular formula is C34H43N6O5P. The van der Waals surface area contributed by atoms with E-state index in [1.165, 1.54) is 7.11 Å². The number of nitrogens with zero attached hydrogens (tertiary/aromatic N) is 3. The van der Waals surface area contributed by atoms with Gasteiger partial charge in [0.2, 0.25) is 11.8 Å². The summed E-state index contributed by atoms with van der Waals surface area (Å²) >= 11 is 0. The number of anilines is 3. The summed E-state index contributed by atoms with van der Waals surface area (Å²) in [6, 6.07) is 16.3.